The van der Waals surface area contributed by atoms with Crippen molar-refractivity contribution >= 4 is 23.1 Å². The fourth-order valence-corrected chi connectivity index (χ4v) is 4.12. The smallest absolute Gasteiger partial charge is 0.226 e. The van der Waals surface area contributed by atoms with E-state index in [1.54, 1.807) is 11.3 Å². The first-order chi connectivity index (χ1) is 10.8. The summed E-state index contributed by atoms with van der Waals surface area (Å²) >= 11 is 1.77. The molecule has 114 valence electrons. The minimum absolute atomic E-state index is 0.222. The Balaban J connectivity index is 1.33. The highest BCUT2D eigenvalue weighted by Crippen LogP contribution is 2.50. The van der Waals surface area contributed by atoms with Gasteiger partial charge in [0.05, 0.1) is 0 Å². The van der Waals surface area contributed by atoms with Crippen molar-refractivity contribution in [1.29, 1.82) is 0 Å². The lowest BCUT2D eigenvalue weighted by atomic mass is 10.2. The van der Waals surface area contributed by atoms with Gasteiger partial charge in [-0.25, -0.2) is 4.98 Å². The molecular weight excluding hydrogens is 294 g/mol. The lowest BCUT2D eigenvalue weighted by molar-refractivity contribution is -0.132. The number of hydrogen-bond donors (Lipinski definition) is 0. The molecule has 2 aromatic heterocycles. The number of carbonyl (C=O) groups is 1. The molecule has 4 rings (SSSR count). The van der Waals surface area contributed by atoms with Crippen LogP contribution >= 0.6 is 11.3 Å². The zero-order valence-electron chi connectivity index (χ0n) is 12.4. The number of piperazine rings is 1. The molecule has 2 aromatic rings. The molecule has 1 amide bonds. The SMILES string of the molecule is O=C(C1CC1c1cccs1)N1CCN(c2ccccn2)CC1. The van der Waals surface area contributed by atoms with Crippen molar-refractivity contribution in [2.24, 2.45) is 5.92 Å². The second-order valence-corrected chi connectivity index (χ2v) is 6.94. The Hall–Kier alpha value is -1.88. The number of nitrogens with zero attached hydrogens (tertiary/aromatic N) is 3. The van der Waals surface area contributed by atoms with E-state index in [-0.39, 0.29) is 5.92 Å². The maximum atomic E-state index is 12.6. The Morgan fingerprint density at radius 1 is 1.14 bits per heavy atom. The molecule has 1 aliphatic carbocycles. The highest BCUT2D eigenvalue weighted by atomic mass is 32.1. The van der Waals surface area contributed by atoms with Crippen molar-refractivity contribution in [3.63, 3.8) is 0 Å². The van der Waals surface area contributed by atoms with E-state index in [9.17, 15) is 4.79 Å². The Morgan fingerprint density at radius 3 is 2.68 bits per heavy atom. The summed E-state index contributed by atoms with van der Waals surface area (Å²) in [6.45, 7) is 3.37. The van der Waals surface area contributed by atoms with Crippen LogP contribution < -0.4 is 4.90 Å². The topological polar surface area (TPSA) is 36.4 Å². The molecule has 0 spiro atoms. The highest BCUT2D eigenvalue weighted by Gasteiger charge is 2.46. The van der Waals surface area contributed by atoms with Gasteiger partial charge in [-0.2, -0.15) is 0 Å². The van der Waals surface area contributed by atoms with Crippen LogP contribution in [0.2, 0.25) is 0 Å². The van der Waals surface area contributed by atoms with Gasteiger partial charge in [-0.05, 0) is 30.0 Å². The summed E-state index contributed by atoms with van der Waals surface area (Å²) in [7, 11) is 0. The molecule has 2 aliphatic rings. The van der Waals surface area contributed by atoms with E-state index >= 15 is 0 Å². The van der Waals surface area contributed by atoms with Crippen molar-refractivity contribution in [2.45, 2.75) is 12.3 Å². The predicted molar refractivity (Wildman–Crippen MR) is 88.2 cm³/mol. The Bertz CT molecular complexity index is 635. The van der Waals surface area contributed by atoms with Crippen molar-refractivity contribution in [2.75, 3.05) is 31.1 Å². The molecule has 0 radical (unpaired) electrons. The highest BCUT2D eigenvalue weighted by molar-refractivity contribution is 7.10. The van der Waals surface area contributed by atoms with Gasteiger partial charge >= 0.3 is 0 Å². The van der Waals surface area contributed by atoms with Gasteiger partial charge in [0.15, 0.2) is 0 Å². The Morgan fingerprint density at radius 2 is 2.00 bits per heavy atom. The number of aromatic nitrogens is 1. The molecule has 22 heavy (non-hydrogen) atoms. The van der Waals surface area contributed by atoms with Crippen molar-refractivity contribution in [3.05, 3.63) is 46.8 Å². The van der Waals surface area contributed by atoms with E-state index < -0.39 is 0 Å². The summed E-state index contributed by atoms with van der Waals surface area (Å²) in [5, 5.41) is 2.10. The van der Waals surface area contributed by atoms with Crippen LogP contribution in [-0.2, 0) is 4.79 Å². The minimum atomic E-state index is 0.222. The molecule has 3 heterocycles. The molecule has 5 heteroatoms. The van der Waals surface area contributed by atoms with Crippen LogP contribution in [0.5, 0.6) is 0 Å². The Labute approximate surface area is 134 Å². The first-order valence-electron chi connectivity index (χ1n) is 7.81. The summed E-state index contributed by atoms with van der Waals surface area (Å²) in [6.07, 6.45) is 2.85. The van der Waals surface area contributed by atoms with Crippen molar-refractivity contribution < 1.29 is 4.79 Å². The lowest BCUT2D eigenvalue weighted by Crippen LogP contribution is -2.49. The van der Waals surface area contributed by atoms with Gasteiger partial charge in [0, 0.05) is 49.1 Å². The molecule has 2 fully saturated rings. The summed E-state index contributed by atoms with van der Waals surface area (Å²) in [4.78, 5) is 22.7. The molecule has 0 aromatic carbocycles. The predicted octanol–water partition coefficient (Wildman–Crippen LogP) is 2.60. The van der Waals surface area contributed by atoms with E-state index in [1.807, 2.05) is 29.3 Å². The van der Waals surface area contributed by atoms with E-state index in [0.29, 0.717) is 11.8 Å². The minimum Gasteiger partial charge on any atom is -0.353 e. The van der Waals surface area contributed by atoms with Gasteiger partial charge in [0.25, 0.3) is 0 Å². The van der Waals surface area contributed by atoms with Gasteiger partial charge < -0.3 is 9.80 Å². The molecule has 1 saturated carbocycles. The maximum absolute atomic E-state index is 12.6. The van der Waals surface area contributed by atoms with E-state index in [0.717, 1.165) is 38.4 Å². The summed E-state index contributed by atoms with van der Waals surface area (Å²) in [5.74, 6) is 2.05. The van der Waals surface area contributed by atoms with E-state index in [4.69, 9.17) is 0 Å². The van der Waals surface area contributed by atoms with Crippen LogP contribution in [0.3, 0.4) is 0 Å². The molecule has 0 N–H and O–H groups in total. The van der Waals surface area contributed by atoms with Crippen LogP contribution in [0.1, 0.15) is 17.2 Å². The third-order valence-electron chi connectivity index (χ3n) is 4.58. The molecule has 1 saturated heterocycles. The molecular formula is C17H19N3OS. The Kier molecular flexibility index (Phi) is 3.58. The number of pyridine rings is 1. The number of carbonyl (C=O) groups excluding carboxylic acids is 1. The first kappa shape index (κ1) is 13.8. The van der Waals surface area contributed by atoms with Crippen LogP contribution in [-0.4, -0.2) is 42.0 Å². The van der Waals surface area contributed by atoms with E-state index in [1.165, 1.54) is 4.88 Å². The van der Waals surface area contributed by atoms with Crippen molar-refractivity contribution in [1.82, 2.24) is 9.88 Å². The average Bonchev–Trinajstić information content (AvgIpc) is 3.20. The quantitative estimate of drug-likeness (QED) is 0.874. The standard InChI is InChI=1S/C17H19N3OS/c21-17(14-12-13(14)15-4-3-11-22-15)20-9-7-19(8-10-20)16-5-1-2-6-18-16/h1-6,11,13-14H,7-10,12H2. The summed E-state index contributed by atoms with van der Waals surface area (Å²) < 4.78 is 0. The van der Waals surface area contributed by atoms with Gasteiger partial charge in [0.1, 0.15) is 5.82 Å². The van der Waals surface area contributed by atoms with E-state index in [2.05, 4.69) is 27.4 Å². The molecule has 0 bridgehead atoms. The summed E-state index contributed by atoms with van der Waals surface area (Å²) in [6, 6.07) is 10.2. The number of anilines is 1. The maximum Gasteiger partial charge on any atom is 0.226 e. The van der Waals surface area contributed by atoms with Crippen LogP contribution in [0.15, 0.2) is 41.9 Å². The molecule has 2 atom stereocenters. The first-order valence-corrected chi connectivity index (χ1v) is 8.69. The third-order valence-corrected chi connectivity index (χ3v) is 5.59. The van der Waals surface area contributed by atoms with Crippen LogP contribution in [0.25, 0.3) is 0 Å². The van der Waals surface area contributed by atoms with Gasteiger partial charge in [-0.15, -0.1) is 11.3 Å². The normalized spacial score (nSPS) is 24.4. The fourth-order valence-electron chi connectivity index (χ4n) is 3.22. The monoisotopic (exact) mass is 313 g/mol. The van der Waals surface area contributed by atoms with Crippen LogP contribution in [0.4, 0.5) is 5.82 Å². The lowest BCUT2D eigenvalue weighted by Gasteiger charge is -2.35. The second-order valence-electron chi connectivity index (χ2n) is 5.96. The van der Waals surface area contributed by atoms with Gasteiger partial charge in [0.2, 0.25) is 5.91 Å². The molecule has 1 aliphatic heterocycles. The average molecular weight is 313 g/mol. The fraction of sp³-hybridized carbons (Fsp3) is 0.412. The third kappa shape index (κ3) is 2.61. The molecule has 4 nitrogen and oxygen atoms in total. The van der Waals surface area contributed by atoms with Crippen molar-refractivity contribution in [3.8, 4) is 0 Å². The summed E-state index contributed by atoms with van der Waals surface area (Å²) in [5.41, 5.74) is 0. The zero-order chi connectivity index (χ0) is 14.9. The van der Waals surface area contributed by atoms with Gasteiger partial charge in [-0.3, -0.25) is 4.79 Å². The largest absolute Gasteiger partial charge is 0.353 e. The number of rotatable bonds is 3. The molecule has 2 unspecified atom stereocenters. The number of amides is 1. The van der Waals surface area contributed by atoms with Crippen LogP contribution in [0, 0.1) is 5.92 Å². The number of thiophene rings is 1. The number of hydrogen-bond acceptors (Lipinski definition) is 4. The second kappa shape index (κ2) is 5.72. The van der Waals surface area contributed by atoms with Gasteiger partial charge in [-0.1, -0.05) is 12.1 Å². The zero-order valence-corrected chi connectivity index (χ0v) is 13.2.